The number of anilines is 1. The minimum atomic E-state index is -0.598. The molecular weight excluding hydrogens is 639 g/mol. The molecule has 40 heavy (non-hydrogen) atoms. The summed E-state index contributed by atoms with van der Waals surface area (Å²) in [5.74, 6) is 2.01. The molecule has 0 saturated carbocycles. The fraction of sp³-hybridized carbons (Fsp3) is 0.393. The van der Waals surface area contributed by atoms with Crippen molar-refractivity contribution in [2.75, 3.05) is 24.8 Å². The number of aromatic nitrogens is 3. The lowest BCUT2D eigenvalue weighted by molar-refractivity contribution is -0.139. The molecule has 8 nitrogen and oxygen atoms in total. The van der Waals surface area contributed by atoms with Crippen molar-refractivity contribution < 1.29 is 19.0 Å². The number of halogens is 3. The number of carbonyl (C=O) groups excluding carboxylic acids is 1. The van der Waals surface area contributed by atoms with Gasteiger partial charge in [-0.25, -0.2) is 9.48 Å². The van der Waals surface area contributed by atoms with Crippen molar-refractivity contribution in [2.45, 2.75) is 57.8 Å². The number of nitrogens with one attached hydrogen (secondary N) is 1. The van der Waals surface area contributed by atoms with Crippen LogP contribution in [-0.2, 0) is 16.1 Å². The Kier molecular flexibility index (Phi) is 10.7. The molecule has 1 N–H and O–H groups in total. The fourth-order valence-electron chi connectivity index (χ4n) is 4.17. The summed E-state index contributed by atoms with van der Waals surface area (Å²) in [5.41, 5.74) is 2.65. The lowest BCUT2D eigenvalue weighted by atomic mass is 9.95. The van der Waals surface area contributed by atoms with Gasteiger partial charge < -0.3 is 19.5 Å². The molecule has 0 fully saturated rings. The van der Waals surface area contributed by atoms with Gasteiger partial charge in [-0.1, -0.05) is 61.3 Å². The average molecular weight is 670 g/mol. The molecule has 1 aromatic heterocycles. The normalized spacial score (nSPS) is 14.5. The van der Waals surface area contributed by atoms with Crippen LogP contribution in [0.2, 0.25) is 10.0 Å². The predicted molar refractivity (Wildman–Crippen MR) is 163 cm³/mol. The van der Waals surface area contributed by atoms with Crippen LogP contribution in [-0.4, -0.2) is 40.2 Å². The lowest BCUT2D eigenvalue weighted by Crippen LogP contribution is -2.30. The minimum Gasteiger partial charge on any atom is -0.493 e. The number of benzene rings is 2. The van der Waals surface area contributed by atoms with Crippen molar-refractivity contribution in [1.29, 1.82) is 0 Å². The summed E-state index contributed by atoms with van der Waals surface area (Å²) >= 11 is 17.6. The zero-order valence-corrected chi connectivity index (χ0v) is 26.6. The largest absolute Gasteiger partial charge is 0.493 e. The van der Waals surface area contributed by atoms with Crippen LogP contribution in [0.15, 0.2) is 51.2 Å². The first-order valence-electron chi connectivity index (χ1n) is 13.0. The van der Waals surface area contributed by atoms with E-state index in [-0.39, 0.29) is 6.61 Å². The van der Waals surface area contributed by atoms with Gasteiger partial charge in [-0.15, -0.1) is 5.10 Å². The van der Waals surface area contributed by atoms with Crippen molar-refractivity contribution >= 4 is 62.8 Å². The molecule has 0 radical (unpaired) electrons. The molecule has 0 bridgehead atoms. The van der Waals surface area contributed by atoms with Gasteiger partial charge in [-0.3, -0.25) is 0 Å². The maximum Gasteiger partial charge on any atom is 0.338 e. The standard InChI is InChI=1S/C28H31BrCl2N4O4S/c1-5-7-10-38-26(36)23-16(3)32-27-33-28(40-11-6-2)34-35(27)24(23)18-12-20(29)25(22(13-18)37-4)39-15-17-8-9-19(30)14-21(17)31/h8-9,12-14,24H,5-7,10-11,15H2,1-4H3,(H,32,33,34). The van der Waals surface area contributed by atoms with Crippen LogP contribution in [0.25, 0.3) is 0 Å². The Labute approximate surface area is 256 Å². The van der Waals surface area contributed by atoms with Crippen molar-refractivity contribution in [3.8, 4) is 11.5 Å². The molecule has 1 aliphatic rings. The number of rotatable bonds is 12. The number of unbranched alkanes of at least 4 members (excludes halogenated alkanes) is 1. The smallest absolute Gasteiger partial charge is 0.338 e. The number of allylic oxidation sites excluding steroid dienone is 1. The van der Waals surface area contributed by atoms with E-state index in [1.807, 2.05) is 25.1 Å². The summed E-state index contributed by atoms with van der Waals surface area (Å²) < 4.78 is 19.9. The maximum atomic E-state index is 13.4. The summed E-state index contributed by atoms with van der Waals surface area (Å²) in [5, 5.41) is 9.70. The summed E-state index contributed by atoms with van der Waals surface area (Å²) in [6.45, 7) is 6.55. The quantitative estimate of drug-likeness (QED) is 0.118. The van der Waals surface area contributed by atoms with E-state index in [1.54, 1.807) is 35.7 Å². The van der Waals surface area contributed by atoms with E-state index in [4.69, 9.17) is 42.5 Å². The van der Waals surface area contributed by atoms with Gasteiger partial charge in [-0.2, -0.15) is 4.98 Å². The van der Waals surface area contributed by atoms with Gasteiger partial charge in [0.1, 0.15) is 12.6 Å². The number of fused-ring (bicyclic) bond motifs is 1. The van der Waals surface area contributed by atoms with Gasteiger partial charge in [0.2, 0.25) is 11.1 Å². The molecule has 12 heteroatoms. The van der Waals surface area contributed by atoms with E-state index in [1.165, 1.54) is 0 Å². The second-order valence-electron chi connectivity index (χ2n) is 9.13. The summed E-state index contributed by atoms with van der Waals surface area (Å²) in [7, 11) is 1.57. The maximum absolute atomic E-state index is 13.4. The third kappa shape index (κ3) is 6.90. The van der Waals surface area contributed by atoms with Gasteiger partial charge in [0.25, 0.3) is 0 Å². The molecule has 0 aliphatic carbocycles. The number of carbonyl (C=O) groups is 1. The molecule has 1 unspecified atom stereocenters. The third-order valence-corrected chi connectivity index (χ3v) is 8.39. The van der Waals surface area contributed by atoms with Gasteiger partial charge >= 0.3 is 5.97 Å². The number of ether oxygens (including phenoxy) is 3. The average Bonchev–Trinajstić information content (AvgIpc) is 3.33. The molecule has 1 aliphatic heterocycles. The Morgan fingerprint density at radius 3 is 2.70 bits per heavy atom. The molecule has 4 rings (SSSR count). The van der Waals surface area contributed by atoms with Crippen molar-refractivity contribution in [3.63, 3.8) is 0 Å². The first-order chi connectivity index (χ1) is 19.3. The van der Waals surface area contributed by atoms with Crippen LogP contribution in [0.4, 0.5) is 5.95 Å². The topological polar surface area (TPSA) is 87.5 Å². The molecule has 2 aromatic carbocycles. The van der Waals surface area contributed by atoms with Gasteiger partial charge in [0.05, 0.1) is 23.8 Å². The third-order valence-electron chi connectivity index (χ3n) is 6.17. The number of hydrogen-bond donors (Lipinski definition) is 1. The Bertz CT molecular complexity index is 1420. The van der Waals surface area contributed by atoms with E-state index in [9.17, 15) is 4.79 Å². The number of nitrogens with zero attached hydrogens (tertiary/aromatic N) is 3. The minimum absolute atomic E-state index is 0.205. The molecular formula is C28H31BrCl2N4O4S. The number of hydrogen-bond acceptors (Lipinski definition) is 8. The molecule has 1 atom stereocenters. The summed E-state index contributed by atoms with van der Waals surface area (Å²) in [6.07, 6.45) is 2.70. The van der Waals surface area contributed by atoms with E-state index >= 15 is 0 Å². The molecule has 2 heterocycles. The first kappa shape index (κ1) is 30.6. The lowest BCUT2D eigenvalue weighted by Gasteiger charge is -2.29. The van der Waals surface area contributed by atoms with Crippen LogP contribution in [0.5, 0.6) is 11.5 Å². The van der Waals surface area contributed by atoms with E-state index in [2.05, 4.69) is 40.1 Å². The summed E-state index contributed by atoms with van der Waals surface area (Å²) in [6, 6.07) is 8.40. The van der Waals surface area contributed by atoms with Gasteiger partial charge in [0.15, 0.2) is 11.5 Å². The van der Waals surface area contributed by atoms with Crippen LogP contribution in [0.1, 0.15) is 57.2 Å². The predicted octanol–water partition coefficient (Wildman–Crippen LogP) is 8.07. The van der Waals surface area contributed by atoms with Crippen LogP contribution >= 0.6 is 50.9 Å². The fourth-order valence-corrected chi connectivity index (χ4v) is 5.89. The Morgan fingerprint density at radius 1 is 1.20 bits per heavy atom. The van der Waals surface area contributed by atoms with Crippen molar-refractivity contribution in [1.82, 2.24) is 14.8 Å². The van der Waals surface area contributed by atoms with Crippen LogP contribution in [0.3, 0.4) is 0 Å². The van der Waals surface area contributed by atoms with E-state index in [0.717, 1.165) is 36.1 Å². The number of thioether (sulfide) groups is 1. The van der Waals surface area contributed by atoms with Crippen LogP contribution in [0, 0.1) is 0 Å². The second-order valence-corrected chi connectivity index (χ2v) is 11.9. The van der Waals surface area contributed by atoms with Crippen molar-refractivity contribution in [3.05, 3.63) is 67.2 Å². The molecule has 0 saturated heterocycles. The monoisotopic (exact) mass is 668 g/mol. The van der Waals surface area contributed by atoms with Crippen LogP contribution < -0.4 is 14.8 Å². The number of esters is 1. The Hall–Kier alpha value is -2.40. The highest BCUT2D eigenvalue weighted by Gasteiger charge is 2.36. The highest BCUT2D eigenvalue weighted by molar-refractivity contribution is 9.10. The SMILES string of the molecule is CCCCOC(=O)C1=C(C)Nc2nc(SCCC)nn2C1c1cc(Br)c(OCc2ccc(Cl)cc2Cl)c(OC)c1. The molecule has 214 valence electrons. The zero-order chi connectivity index (χ0) is 28.8. The van der Waals surface area contributed by atoms with Gasteiger partial charge in [0, 0.05) is 27.1 Å². The van der Waals surface area contributed by atoms with E-state index in [0.29, 0.717) is 55.0 Å². The zero-order valence-electron chi connectivity index (χ0n) is 22.7. The molecule has 3 aromatic rings. The van der Waals surface area contributed by atoms with Gasteiger partial charge in [-0.05, 0) is 65.5 Å². The van der Waals surface area contributed by atoms with E-state index < -0.39 is 12.0 Å². The Morgan fingerprint density at radius 2 is 2.00 bits per heavy atom. The Balaban J connectivity index is 1.73. The number of methoxy groups -OCH3 is 1. The first-order valence-corrected chi connectivity index (χ1v) is 15.5. The van der Waals surface area contributed by atoms with Crippen molar-refractivity contribution in [2.24, 2.45) is 0 Å². The molecule has 0 amide bonds. The highest BCUT2D eigenvalue weighted by atomic mass is 79.9. The second kappa shape index (κ2) is 14.0. The molecule has 0 spiro atoms. The highest BCUT2D eigenvalue weighted by Crippen LogP contribution is 2.43. The summed E-state index contributed by atoms with van der Waals surface area (Å²) in [4.78, 5) is 18.1.